The fourth-order valence-corrected chi connectivity index (χ4v) is 9.43. The molecular formula is C55H103O14P2-. The molecule has 16 heteroatoms. The maximum atomic E-state index is 12.8. The molecule has 0 spiro atoms. The van der Waals surface area contributed by atoms with E-state index in [1.807, 2.05) is 0 Å². The molecule has 1 N–H and O–H groups in total. The van der Waals surface area contributed by atoms with Crippen LogP contribution in [0.2, 0.25) is 0 Å². The maximum Gasteiger partial charge on any atom is 0.472 e. The van der Waals surface area contributed by atoms with Crippen molar-refractivity contribution in [3.63, 3.8) is 0 Å². The van der Waals surface area contributed by atoms with Gasteiger partial charge < -0.3 is 28.3 Å². The average Bonchev–Trinajstić information content (AvgIpc) is 3.34. The van der Waals surface area contributed by atoms with Crippen LogP contribution >= 0.6 is 15.6 Å². The van der Waals surface area contributed by atoms with Crippen LogP contribution in [0.15, 0.2) is 12.2 Å². The van der Waals surface area contributed by atoms with Gasteiger partial charge in [-0.3, -0.25) is 32.8 Å². The van der Waals surface area contributed by atoms with E-state index in [4.69, 9.17) is 18.5 Å². The summed E-state index contributed by atoms with van der Waals surface area (Å²) in [5, 5.41) is 0. The van der Waals surface area contributed by atoms with Crippen molar-refractivity contribution < 1.29 is 65.7 Å². The molecular weight excluding hydrogens is 947 g/mol. The second kappa shape index (κ2) is 50.4. The van der Waals surface area contributed by atoms with E-state index in [1.165, 1.54) is 109 Å². The second-order valence-electron chi connectivity index (χ2n) is 19.4. The molecule has 0 amide bonds. The van der Waals surface area contributed by atoms with Crippen LogP contribution in [0.1, 0.15) is 277 Å². The van der Waals surface area contributed by atoms with Crippen LogP contribution in [0.4, 0.5) is 0 Å². The number of carbonyl (C=O) groups is 4. The van der Waals surface area contributed by atoms with E-state index in [9.17, 15) is 38.1 Å². The predicted molar refractivity (Wildman–Crippen MR) is 283 cm³/mol. The number of Topliss-reactive ketones (excluding diaryl/α,β-unsaturated/α-hetero) is 2. The third-order valence-electron chi connectivity index (χ3n) is 12.6. The molecule has 0 heterocycles. The summed E-state index contributed by atoms with van der Waals surface area (Å²) in [4.78, 5) is 71.7. The Labute approximate surface area is 432 Å². The molecule has 0 rings (SSSR count). The van der Waals surface area contributed by atoms with Gasteiger partial charge in [-0.25, -0.2) is 4.57 Å². The average molecular weight is 1050 g/mol. The van der Waals surface area contributed by atoms with Crippen molar-refractivity contribution >= 4 is 39.2 Å². The van der Waals surface area contributed by atoms with Gasteiger partial charge in [-0.1, -0.05) is 187 Å². The van der Waals surface area contributed by atoms with Crippen LogP contribution in [0.3, 0.4) is 0 Å². The van der Waals surface area contributed by atoms with Crippen LogP contribution in [-0.4, -0.2) is 68.0 Å². The number of hydrogen-bond donors (Lipinski definition) is 1. The first kappa shape index (κ1) is 69.2. The van der Waals surface area contributed by atoms with Crippen molar-refractivity contribution in [1.82, 2.24) is 0 Å². The zero-order valence-electron chi connectivity index (χ0n) is 45.2. The number of phosphoric ester groups is 2. The number of hydrogen-bond acceptors (Lipinski definition) is 13. The summed E-state index contributed by atoms with van der Waals surface area (Å²) in [6.07, 6.45) is 42.4. The summed E-state index contributed by atoms with van der Waals surface area (Å²) in [5.74, 6) is -0.927. The normalized spacial score (nSPS) is 13.8. The molecule has 14 nitrogen and oxygen atoms in total. The molecule has 0 saturated carbocycles. The minimum absolute atomic E-state index is 0.0675. The first-order valence-electron chi connectivity index (χ1n) is 28.5. The summed E-state index contributed by atoms with van der Waals surface area (Å²) in [6.45, 7) is 3.51. The van der Waals surface area contributed by atoms with Crippen molar-refractivity contribution in [1.29, 1.82) is 0 Å². The molecule has 0 aliphatic rings. The minimum Gasteiger partial charge on any atom is -0.756 e. The Bertz CT molecular complexity index is 1410. The van der Waals surface area contributed by atoms with Gasteiger partial charge in [-0.15, -0.1) is 0 Å². The molecule has 0 bridgehead atoms. The molecule has 71 heavy (non-hydrogen) atoms. The first-order valence-corrected chi connectivity index (χ1v) is 31.5. The Hall–Kier alpha value is -1.76. The Morgan fingerprint density at radius 2 is 0.831 bits per heavy atom. The SMILES string of the molecule is CCCCCCCC/C=C\CCCCCCCC(=O)OC[C@H](COP(=O)(O)OCCCC(=O)CCCC(=O)CCCCCCCOP(=O)([O-])OC)OC(=O)CCCCCCCCCCCCCCCCC. The van der Waals surface area contributed by atoms with Crippen LogP contribution in [-0.2, 0) is 55.9 Å². The molecule has 0 aromatic heterocycles. The highest BCUT2D eigenvalue weighted by molar-refractivity contribution is 7.47. The molecule has 0 aromatic carbocycles. The van der Waals surface area contributed by atoms with E-state index in [0.717, 1.165) is 90.6 Å². The van der Waals surface area contributed by atoms with Gasteiger partial charge in [0.15, 0.2) is 6.10 Å². The number of phosphoric acid groups is 2. The van der Waals surface area contributed by atoms with Gasteiger partial charge in [0, 0.05) is 45.6 Å². The third-order valence-corrected chi connectivity index (χ3v) is 14.5. The summed E-state index contributed by atoms with van der Waals surface area (Å²) in [7, 11) is -7.73. The molecule has 0 aliphatic heterocycles. The number of rotatable bonds is 56. The Morgan fingerprint density at radius 3 is 1.31 bits per heavy atom. The van der Waals surface area contributed by atoms with E-state index in [0.29, 0.717) is 38.5 Å². The fourth-order valence-electron chi connectivity index (χ4n) is 8.18. The molecule has 3 atom stereocenters. The number of carbonyl (C=O) groups excluding carboxylic acids is 4. The number of ether oxygens (including phenoxy) is 2. The Kier molecular flexibility index (Phi) is 49.2. The summed E-state index contributed by atoms with van der Waals surface area (Å²) in [6, 6.07) is 0. The lowest BCUT2D eigenvalue weighted by Gasteiger charge is -2.20. The second-order valence-corrected chi connectivity index (χ2v) is 22.4. The number of esters is 2. The fraction of sp³-hybridized carbons (Fsp3) is 0.891. The van der Waals surface area contributed by atoms with Crippen molar-refractivity contribution in [2.75, 3.05) is 33.5 Å². The Morgan fingerprint density at radius 1 is 0.451 bits per heavy atom. The highest BCUT2D eigenvalue weighted by atomic mass is 31.2. The van der Waals surface area contributed by atoms with Crippen molar-refractivity contribution in [3.05, 3.63) is 12.2 Å². The number of unbranched alkanes of at least 4 members (excludes halogenated alkanes) is 29. The minimum atomic E-state index is -4.59. The highest BCUT2D eigenvalue weighted by Crippen LogP contribution is 2.43. The smallest absolute Gasteiger partial charge is 0.472 e. The van der Waals surface area contributed by atoms with Crippen LogP contribution < -0.4 is 4.89 Å². The van der Waals surface area contributed by atoms with E-state index in [2.05, 4.69) is 35.0 Å². The lowest BCUT2D eigenvalue weighted by molar-refractivity contribution is -0.223. The largest absolute Gasteiger partial charge is 0.756 e. The zero-order chi connectivity index (χ0) is 52.4. The predicted octanol–water partition coefficient (Wildman–Crippen LogP) is 15.4. The van der Waals surface area contributed by atoms with Gasteiger partial charge in [0.05, 0.1) is 19.8 Å². The van der Waals surface area contributed by atoms with E-state index >= 15 is 0 Å². The number of ketones is 2. The number of allylic oxidation sites excluding steroid dienone is 2. The van der Waals surface area contributed by atoms with Crippen LogP contribution in [0, 0.1) is 0 Å². The van der Waals surface area contributed by atoms with E-state index < -0.39 is 40.3 Å². The van der Waals surface area contributed by atoms with Gasteiger partial charge in [-0.2, -0.15) is 0 Å². The molecule has 0 saturated heterocycles. The quantitative estimate of drug-likeness (QED) is 0.0261. The van der Waals surface area contributed by atoms with Gasteiger partial charge in [-0.05, 0) is 64.2 Å². The summed E-state index contributed by atoms with van der Waals surface area (Å²) >= 11 is 0. The van der Waals surface area contributed by atoms with Gasteiger partial charge in [0.25, 0.3) is 7.82 Å². The standard InChI is InChI=1S/C55H104O14P2/c1-4-6-8-10-12-14-16-18-20-22-24-26-28-32-36-45-54(58)65-49-53(69-55(59)46-37-33-29-27-25-23-21-19-17-15-13-11-9-7-5-2)50-68-71(62,63)67-48-40-44-52(57)43-39-42-51(56)41-35-31-30-34-38-47-66-70(60,61)64-3/h18,20,53H,4-17,19,21-50H2,1-3H3,(H,60,61)(H,62,63)/p-1/b20-18-/t53-/m1/s1. The third kappa shape index (κ3) is 51.5. The topological polar surface area (TPSA) is 201 Å². The van der Waals surface area contributed by atoms with Crippen LogP contribution in [0.5, 0.6) is 0 Å². The lowest BCUT2D eigenvalue weighted by Crippen LogP contribution is -2.29. The van der Waals surface area contributed by atoms with E-state index in [1.54, 1.807) is 0 Å². The maximum absolute atomic E-state index is 12.8. The summed E-state index contributed by atoms with van der Waals surface area (Å²) in [5.41, 5.74) is 0. The zero-order valence-corrected chi connectivity index (χ0v) is 47.0. The molecule has 0 radical (unpaired) electrons. The molecule has 2 unspecified atom stereocenters. The summed E-state index contributed by atoms with van der Waals surface area (Å²) < 4.78 is 54.2. The Balaban J connectivity index is 4.57. The van der Waals surface area contributed by atoms with Gasteiger partial charge in [0.1, 0.15) is 18.2 Å². The van der Waals surface area contributed by atoms with Gasteiger partial charge >= 0.3 is 19.8 Å². The van der Waals surface area contributed by atoms with Crippen molar-refractivity contribution in [2.45, 2.75) is 283 Å². The first-order chi connectivity index (χ1) is 34.3. The van der Waals surface area contributed by atoms with Crippen LogP contribution in [0.25, 0.3) is 0 Å². The van der Waals surface area contributed by atoms with E-state index in [-0.39, 0.29) is 63.5 Å². The lowest BCUT2D eigenvalue weighted by atomic mass is 10.0. The van der Waals surface area contributed by atoms with Gasteiger partial charge in [0.2, 0.25) is 0 Å². The highest BCUT2D eigenvalue weighted by Gasteiger charge is 2.26. The molecule has 0 aliphatic carbocycles. The monoisotopic (exact) mass is 1050 g/mol. The molecule has 0 fully saturated rings. The van der Waals surface area contributed by atoms with Crippen molar-refractivity contribution in [3.8, 4) is 0 Å². The molecule has 0 aromatic rings. The van der Waals surface area contributed by atoms with Crippen molar-refractivity contribution in [2.24, 2.45) is 0 Å². The molecule has 418 valence electrons.